The van der Waals surface area contributed by atoms with Gasteiger partial charge in [-0.25, -0.2) is 18.6 Å². The lowest BCUT2D eigenvalue weighted by Gasteiger charge is -2.12. The number of nitrogens with zero attached hydrogens (tertiary/aromatic N) is 1. The van der Waals surface area contributed by atoms with Gasteiger partial charge in [-0.05, 0) is 29.5 Å². The molecule has 0 bridgehead atoms. The lowest BCUT2D eigenvalue weighted by molar-refractivity contribution is 0.0514. The summed E-state index contributed by atoms with van der Waals surface area (Å²) < 4.78 is 30.9. The molecule has 0 saturated carbocycles. The molecular formula is C10H9BrF2INO2. The van der Waals surface area contributed by atoms with Crippen molar-refractivity contribution in [1.29, 1.82) is 0 Å². The monoisotopic (exact) mass is 419 g/mol. The molecule has 0 amide bonds. The van der Waals surface area contributed by atoms with Crippen molar-refractivity contribution < 1.29 is 18.3 Å². The Kier molecular flexibility index (Phi) is 5.71. The van der Waals surface area contributed by atoms with Gasteiger partial charge in [0.15, 0.2) is 0 Å². The molecule has 0 atom stereocenters. The number of hydrogen-bond acceptors (Lipinski definition) is 3. The first-order valence-electron chi connectivity index (χ1n) is 4.71. The summed E-state index contributed by atoms with van der Waals surface area (Å²) in [6.45, 7) is 1.77. The van der Waals surface area contributed by atoms with Crippen LogP contribution in [0.25, 0.3) is 0 Å². The Labute approximate surface area is 119 Å². The molecule has 1 aromatic heterocycles. The number of carbonyl (C=O) groups is 1. The molecule has 1 aromatic rings. The Bertz CT molecular complexity index is 429. The van der Waals surface area contributed by atoms with E-state index in [0.717, 1.165) is 6.20 Å². The summed E-state index contributed by atoms with van der Waals surface area (Å²) in [5.74, 6) is -0.738. The maximum atomic E-state index is 12.8. The van der Waals surface area contributed by atoms with E-state index in [2.05, 4.69) is 20.9 Å². The Morgan fingerprint density at radius 3 is 2.76 bits per heavy atom. The highest BCUT2D eigenvalue weighted by atomic mass is 127. The molecule has 0 radical (unpaired) electrons. The predicted molar refractivity (Wildman–Crippen MR) is 70.5 cm³/mol. The predicted octanol–water partition coefficient (Wildman–Crippen LogP) is 3.70. The Hall–Kier alpha value is -0.310. The molecule has 0 fully saturated rings. The van der Waals surface area contributed by atoms with E-state index in [9.17, 15) is 13.6 Å². The van der Waals surface area contributed by atoms with Crippen LogP contribution >= 0.6 is 38.5 Å². The lowest BCUT2D eigenvalue weighted by Crippen LogP contribution is -2.13. The quantitative estimate of drug-likeness (QED) is 0.323. The fourth-order valence-corrected chi connectivity index (χ4v) is 2.95. The van der Waals surface area contributed by atoms with Crippen LogP contribution in [0.15, 0.2) is 6.20 Å². The van der Waals surface area contributed by atoms with Gasteiger partial charge in [-0.15, -0.1) is 0 Å². The van der Waals surface area contributed by atoms with E-state index in [1.165, 1.54) is 0 Å². The van der Waals surface area contributed by atoms with Crippen LogP contribution in [0.4, 0.5) is 8.78 Å². The first kappa shape index (κ1) is 14.7. The molecule has 0 saturated heterocycles. The third kappa shape index (κ3) is 3.34. The Morgan fingerprint density at radius 2 is 2.29 bits per heavy atom. The highest BCUT2D eigenvalue weighted by Crippen LogP contribution is 2.29. The maximum Gasteiger partial charge on any atom is 0.339 e. The van der Waals surface area contributed by atoms with Gasteiger partial charge < -0.3 is 4.74 Å². The summed E-state index contributed by atoms with van der Waals surface area (Å²) in [7, 11) is 0. The van der Waals surface area contributed by atoms with E-state index in [4.69, 9.17) is 4.74 Å². The van der Waals surface area contributed by atoms with Crippen molar-refractivity contribution in [1.82, 2.24) is 4.98 Å². The van der Waals surface area contributed by atoms with Crippen LogP contribution in [0, 0.1) is 3.70 Å². The zero-order valence-corrected chi connectivity index (χ0v) is 12.6. The van der Waals surface area contributed by atoms with Gasteiger partial charge in [0.1, 0.15) is 3.70 Å². The zero-order chi connectivity index (χ0) is 13.0. The highest BCUT2D eigenvalue weighted by molar-refractivity contribution is 14.1. The minimum absolute atomic E-state index is 0.0851. The fraction of sp³-hybridized carbons (Fsp3) is 0.400. The third-order valence-electron chi connectivity index (χ3n) is 2.00. The second-order valence-electron chi connectivity index (χ2n) is 3.01. The summed E-state index contributed by atoms with van der Waals surface area (Å²) >= 11 is 5.06. The van der Waals surface area contributed by atoms with Gasteiger partial charge >= 0.3 is 5.97 Å². The van der Waals surface area contributed by atoms with E-state index in [-0.39, 0.29) is 17.5 Å². The van der Waals surface area contributed by atoms with Crippen LogP contribution in [-0.2, 0) is 10.1 Å². The minimum Gasteiger partial charge on any atom is -0.462 e. The molecule has 7 heteroatoms. The molecule has 0 N–H and O–H groups in total. The van der Waals surface area contributed by atoms with E-state index in [0.29, 0.717) is 9.26 Å². The number of pyridine rings is 1. The second-order valence-corrected chi connectivity index (χ2v) is 4.60. The van der Waals surface area contributed by atoms with Crippen LogP contribution in [0.1, 0.15) is 34.8 Å². The standard InChI is InChI=1S/C10H9BrF2INO2/c1-2-17-10(16)7-5(3-11)9(14)15-4-6(7)8(12)13/h4,8H,2-3H2,1H3. The summed E-state index contributed by atoms with van der Waals surface area (Å²) in [6, 6.07) is 0. The topological polar surface area (TPSA) is 39.2 Å². The first-order chi connectivity index (χ1) is 8.02. The van der Waals surface area contributed by atoms with Crippen molar-refractivity contribution in [2.45, 2.75) is 18.7 Å². The summed E-state index contributed by atoms with van der Waals surface area (Å²) in [4.78, 5) is 15.5. The third-order valence-corrected chi connectivity index (χ3v) is 3.50. The zero-order valence-electron chi connectivity index (χ0n) is 8.84. The average Bonchev–Trinajstić information content (AvgIpc) is 2.28. The number of hydrogen-bond donors (Lipinski definition) is 0. The SMILES string of the molecule is CCOC(=O)c1c(C(F)F)cnc(I)c1CBr. The Balaban J connectivity index is 3.38. The largest absolute Gasteiger partial charge is 0.462 e. The van der Waals surface area contributed by atoms with Crippen LogP contribution in [0.2, 0.25) is 0 Å². The van der Waals surface area contributed by atoms with Crippen molar-refractivity contribution >= 4 is 44.5 Å². The molecule has 1 rings (SSSR count). The van der Waals surface area contributed by atoms with Crippen LogP contribution in [-0.4, -0.2) is 17.6 Å². The van der Waals surface area contributed by atoms with E-state index >= 15 is 0 Å². The van der Waals surface area contributed by atoms with E-state index in [1.54, 1.807) is 6.92 Å². The van der Waals surface area contributed by atoms with E-state index in [1.807, 2.05) is 22.6 Å². The Morgan fingerprint density at radius 1 is 1.65 bits per heavy atom. The molecule has 0 aliphatic rings. The molecular weight excluding hydrogens is 411 g/mol. The second kappa shape index (κ2) is 6.58. The van der Waals surface area contributed by atoms with Crippen LogP contribution in [0.5, 0.6) is 0 Å². The number of alkyl halides is 3. The number of halogens is 4. The maximum absolute atomic E-state index is 12.8. The molecule has 0 aliphatic heterocycles. The number of carbonyl (C=O) groups excluding carboxylic acids is 1. The summed E-state index contributed by atoms with van der Waals surface area (Å²) in [6.07, 6.45) is -1.73. The van der Waals surface area contributed by atoms with Crippen molar-refractivity contribution in [3.8, 4) is 0 Å². The normalized spacial score (nSPS) is 10.7. The van der Waals surface area contributed by atoms with Crippen molar-refractivity contribution in [2.75, 3.05) is 6.61 Å². The molecule has 0 spiro atoms. The molecule has 94 valence electrons. The lowest BCUT2D eigenvalue weighted by atomic mass is 10.1. The molecule has 17 heavy (non-hydrogen) atoms. The van der Waals surface area contributed by atoms with Gasteiger partial charge in [0, 0.05) is 17.1 Å². The van der Waals surface area contributed by atoms with Crippen molar-refractivity contribution in [2.24, 2.45) is 0 Å². The van der Waals surface area contributed by atoms with Gasteiger partial charge in [-0.3, -0.25) is 0 Å². The number of aromatic nitrogens is 1. The molecule has 0 aromatic carbocycles. The van der Waals surface area contributed by atoms with Crippen LogP contribution < -0.4 is 0 Å². The average molecular weight is 420 g/mol. The van der Waals surface area contributed by atoms with E-state index < -0.39 is 18.0 Å². The van der Waals surface area contributed by atoms with Gasteiger partial charge in [-0.2, -0.15) is 0 Å². The molecule has 0 unspecified atom stereocenters. The molecule has 0 aliphatic carbocycles. The van der Waals surface area contributed by atoms with Crippen molar-refractivity contribution in [3.63, 3.8) is 0 Å². The minimum atomic E-state index is -2.75. The fourth-order valence-electron chi connectivity index (χ4n) is 1.28. The van der Waals surface area contributed by atoms with Gasteiger partial charge in [0.05, 0.1) is 17.7 Å². The molecule has 1 heterocycles. The van der Waals surface area contributed by atoms with Gasteiger partial charge in [0.25, 0.3) is 6.43 Å². The number of ether oxygens (including phenoxy) is 1. The number of esters is 1. The van der Waals surface area contributed by atoms with Crippen molar-refractivity contribution in [3.05, 3.63) is 26.6 Å². The summed E-state index contributed by atoms with van der Waals surface area (Å²) in [5.41, 5.74) is -0.0432. The number of rotatable bonds is 4. The van der Waals surface area contributed by atoms with Crippen LogP contribution in [0.3, 0.4) is 0 Å². The highest BCUT2D eigenvalue weighted by Gasteiger charge is 2.25. The van der Waals surface area contributed by atoms with Gasteiger partial charge in [-0.1, -0.05) is 15.9 Å². The smallest absolute Gasteiger partial charge is 0.339 e. The molecule has 3 nitrogen and oxygen atoms in total. The summed E-state index contributed by atoms with van der Waals surface area (Å²) in [5, 5.41) is 0.271. The first-order valence-corrected chi connectivity index (χ1v) is 6.91. The van der Waals surface area contributed by atoms with Gasteiger partial charge in [0.2, 0.25) is 0 Å².